The lowest BCUT2D eigenvalue weighted by Crippen LogP contribution is -2.42. The number of benzene rings is 1. The zero-order valence-corrected chi connectivity index (χ0v) is 20.9. The summed E-state index contributed by atoms with van der Waals surface area (Å²) in [5.41, 5.74) is 4.34. The molecule has 0 spiro atoms. The molecule has 2 N–H and O–H groups in total. The number of halogens is 5. The van der Waals surface area contributed by atoms with E-state index >= 15 is 0 Å². The quantitative estimate of drug-likeness (QED) is 0.396. The second kappa shape index (κ2) is 11.3. The third-order valence-electron chi connectivity index (χ3n) is 5.26. The molecule has 2 aromatic heterocycles. The standard InChI is InChI=1S/C23H22BrClF3N5O2/c1-2-16(32(11-10-29)21(34)15-8-9-17(25)30-12-15)20-31-19(23(26,27)28)18(24)22(35)33(20)13-14-6-4-3-5-7-14/h3-9,12,16H,2,10-11,13,29H2,1H3. The predicted octanol–water partition coefficient (Wildman–Crippen LogP) is 4.67. The van der Waals surface area contributed by atoms with Gasteiger partial charge in [0.2, 0.25) is 0 Å². The fraction of sp³-hybridized carbons (Fsp3) is 0.304. The maximum atomic E-state index is 13.8. The van der Waals surface area contributed by atoms with Gasteiger partial charge < -0.3 is 10.6 Å². The van der Waals surface area contributed by atoms with Crippen molar-refractivity contribution in [3.63, 3.8) is 0 Å². The molecule has 0 aliphatic heterocycles. The maximum Gasteiger partial charge on any atom is 0.434 e. The highest BCUT2D eigenvalue weighted by atomic mass is 79.9. The highest BCUT2D eigenvalue weighted by Crippen LogP contribution is 2.34. The third-order valence-corrected chi connectivity index (χ3v) is 6.20. The fourth-order valence-electron chi connectivity index (χ4n) is 3.66. The Labute approximate surface area is 212 Å². The van der Waals surface area contributed by atoms with Crippen molar-refractivity contribution >= 4 is 33.4 Å². The van der Waals surface area contributed by atoms with Gasteiger partial charge in [0.25, 0.3) is 11.5 Å². The molecule has 1 amide bonds. The molecule has 0 fully saturated rings. The lowest BCUT2D eigenvalue weighted by Gasteiger charge is -2.32. The molecule has 0 aliphatic carbocycles. The van der Waals surface area contributed by atoms with Gasteiger partial charge in [-0.05, 0) is 40.0 Å². The lowest BCUT2D eigenvalue weighted by molar-refractivity contribution is -0.142. The molecule has 12 heteroatoms. The highest BCUT2D eigenvalue weighted by molar-refractivity contribution is 9.10. The van der Waals surface area contributed by atoms with Gasteiger partial charge >= 0.3 is 6.18 Å². The summed E-state index contributed by atoms with van der Waals surface area (Å²) in [6.07, 6.45) is -3.44. The SMILES string of the molecule is CCC(c1nc(C(F)(F)F)c(Br)c(=O)n1Cc1ccccc1)N(CCN)C(=O)c1ccc(Cl)nc1. The third kappa shape index (κ3) is 6.09. The average molecular weight is 573 g/mol. The van der Waals surface area contributed by atoms with Crippen LogP contribution in [0.1, 0.15) is 46.8 Å². The summed E-state index contributed by atoms with van der Waals surface area (Å²) in [7, 11) is 0. The summed E-state index contributed by atoms with van der Waals surface area (Å²) < 4.78 is 41.8. The van der Waals surface area contributed by atoms with Crippen molar-refractivity contribution in [2.75, 3.05) is 13.1 Å². The molecule has 1 aromatic carbocycles. The van der Waals surface area contributed by atoms with Gasteiger partial charge in [0.15, 0.2) is 5.69 Å². The molecule has 0 radical (unpaired) electrons. The van der Waals surface area contributed by atoms with Crippen molar-refractivity contribution in [2.45, 2.75) is 32.1 Å². The molecule has 0 bridgehead atoms. The number of alkyl halides is 3. The van der Waals surface area contributed by atoms with Crippen LogP contribution in [0.3, 0.4) is 0 Å². The lowest BCUT2D eigenvalue weighted by atomic mass is 10.1. The van der Waals surface area contributed by atoms with E-state index in [0.29, 0.717) is 5.56 Å². The number of rotatable bonds is 8. The first-order valence-corrected chi connectivity index (χ1v) is 11.8. The van der Waals surface area contributed by atoms with Gasteiger partial charge in [-0.2, -0.15) is 13.2 Å². The van der Waals surface area contributed by atoms with Crippen LogP contribution in [0.25, 0.3) is 0 Å². The molecule has 3 aromatic rings. The Hall–Kier alpha value is -2.76. The van der Waals surface area contributed by atoms with Gasteiger partial charge in [0, 0.05) is 19.3 Å². The minimum Gasteiger partial charge on any atom is -0.329 e. The van der Waals surface area contributed by atoms with Crippen LogP contribution in [0, 0.1) is 0 Å². The van der Waals surface area contributed by atoms with Crippen LogP contribution >= 0.6 is 27.5 Å². The van der Waals surface area contributed by atoms with E-state index in [-0.39, 0.29) is 42.6 Å². The van der Waals surface area contributed by atoms with Crippen LogP contribution in [0.2, 0.25) is 5.15 Å². The van der Waals surface area contributed by atoms with E-state index in [1.54, 1.807) is 37.3 Å². The van der Waals surface area contributed by atoms with Gasteiger partial charge in [0.1, 0.15) is 15.5 Å². The van der Waals surface area contributed by atoms with Crippen molar-refractivity contribution in [1.82, 2.24) is 19.4 Å². The summed E-state index contributed by atoms with van der Waals surface area (Å²) in [4.78, 5) is 35.6. The van der Waals surface area contributed by atoms with E-state index in [9.17, 15) is 22.8 Å². The zero-order valence-electron chi connectivity index (χ0n) is 18.6. The molecule has 1 unspecified atom stereocenters. The zero-order chi connectivity index (χ0) is 25.8. The molecule has 0 saturated heterocycles. The maximum absolute atomic E-state index is 13.8. The first-order valence-electron chi connectivity index (χ1n) is 10.6. The van der Waals surface area contributed by atoms with E-state index in [0.717, 1.165) is 4.57 Å². The Morgan fingerprint density at radius 3 is 2.46 bits per heavy atom. The summed E-state index contributed by atoms with van der Waals surface area (Å²) in [5, 5.41) is 0.181. The average Bonchev–Trinajstić information content (AvgIpc) is 2.83. The van der Waals surface area contributed by atoms with E-state index in [1.807, 2.05) is 0 Å². The number of carbonyl (C=O) groups is 1. The molecule has 3 rings (SSSR count). The van der Waals surface area contributed by atoms with Gasteiger partial charge in [-0.3, -0.25) is 14.2 Å². The van der Waals surface area contributed by atoms with E-state index in [1.165, 1.54) is 23.2 Å². The summed E-state index contributed by atoms with van der Waals surface area (Å²) in [6, 6.07) is 10.7. The van der Waals surface area contributed by atoms with Crippen LogP contribution in [0.15, 0.2) is 57.9 Å². The second-order valence-corrected chi connectivity index (χ2v) is 8.77. The molecule has 0 aliphatic rings. The van der Waals surface area contributed by atoms with Crippen LogP contribution in [0.5, 0.6) is 0 Å². The number of amides is 1. The van der Waals surface area contributed by atoms with Crippen molar-refractivity contribution in [2.24, 2.45) is 5.73 Å². The van der Waals surface area contributed by atoms with Gasteiger partial charge in [-0.1, -0.05) is 48.9 Å². The Kier molecular flexibility index (Phi) is 8.68. The summed E-state index contributed by atoms with van der Waals surface area (Å²) in [6.45, 7) is 1.70. The number of nitrogens with two attached hydrogens (primary N) is 1. The van der Waals surface area contributed by atoms with E-state index < -0.39 is 33.9 Å². The van der Waals surface area contributed by atoms with Crippen molar-refractivity contribution < 1.29 is 18.0 Å². The second-order valence-electron chi connectivity index (χ2n) is 7.59. The number of aromatic nitrogens is 3. The topological polar surface area (TPSA) is 94.1 Å². The number of hydrogen-bond acceptors (Lipinski definition) is 5. The monoisotopic (exact) mass is 571 g/mol. The molecular formula is C23H22BrClF3N5O2. The Balaban J connectivity index is 2.21. The molecule has 2 heterocycles. The Morgan fingerprint density at radius 2 is 1.91 bits per heavy atom. The van der Waals surface area contributed by atoms with E-state index in [2.05, 4.69) is 25.9 Å². The van der Waals surface area contributed by atoms with Gasteiger partial charge in [-0.15, -0.1) is 0 Å². The number of nitrogens with zero attached hydrogens (tertiary/aromatic N) is 4. The smallest absolute Gasteiger partial charge is 0.329 e. The van der Waals surface area contributed by atoms with Crippen LogP contribution in [0.4, 0.5) is 13.2 Å². The van der Waals surface area contributed by atoms with Crippen LogP contribution < -0.4 is 11.3 Å². The van der Waals surface area contributed by atoms with Crippen molar-refractivity contribution in [3.8, 4) is 0 Å². The van der Waals surface area contributed by atoms with Gasteiger partial charge in [0.05, 0.1) is 18.2 Å². The number of carbonyl (C=O) groups excluding carboxylic acids is 1. The molecule has 7 nitrogen and oxygen atoms in total. The predicted molar refractivity (Wildman–Crippen MR) is 129 cm³/mol. The minimum atomic E-state index is -4.89. The minimum absolute atomic E-state index is 0.0125. The highest BCUT2D eigenvalue weighted by Gasteiger charge is 2.39. The Bertz CT molecular complexity index is 1240. The summed E-state index contributed by atoms with van der Waals surface area (Å²) in [5.74, 6) is -0.718. The molecule has 1 atom stereocenters. The largest absolute Gasteiger partial charge is 0.434 e. The first-order chi connectivity index (χ1) is 16.6. The fourth-order valence-corrected chi connectivity index (χ4v) is 4.30. The number of hydrogen-bond donors (Lipinski definition) is 1. The Morgan fingerprint density at radius 1 is 1.23 bits per heavy atom. The number of pyridine rings is 1. The molecule has 0 saturated carbocycles. The normalized spacial score (nSPS) is 12.4. The molecule has 186 valence electrons. The molecule has 35 heavy (non-hydrogen) atoms. The molecular weight excluding hydrogens is 551 g/mol. The van der Waals surface area contributed by atoms with E-state index in [4.69, 9.17) is 17.3 Å². The van der Waals surface area contributed by atoms with Crippen molar-refractivity contribution in [3.05, 3.63) is 91.3 Å². The van der Waals surface area contributed by atoms with Crippen LogP contribution in [-0.2, 0) is 12.7 Å². The summed E-state index contributed by atoms with van der Waals surface area (Å²) >= 11 is 8.61. The van der Waals surface area contributed by atoms with Crippen molar-refractivity contribution in [1.29, 1.82) is 0 Å². The van der Waals surface area contributed by atoms with Crippen LogP contribution in [-0.4, -0.2) is 38.4 Å². The first kappa shape index (κ1) is 26.8. The van der Waals surface area contributed by atoms with Gasteiger partial charge in [-0.25, -0.2) is 9.97 Å².